The van der Waals surface area contributed by atoms with E-state index in [9.17, 15) is 37.6 Å². The Morgan fingerprint density at radius 1 is 1.00 bits per heavy atom. The van der Waals surface area contributed by atoms with E-state index in [2.05, 4.69) is 10.0 Å². The van der Waals surface area contributed by atoms with Gasteiger partial charge in [0, 0.05) is 18.6 Å². The van der Waals surface area contributed by atoms with Gasteiger partial charge in [0.2, 0.25) is 15.9 Å². The number of sulfonamides is 1. The fourth-order valence-corrected chi connectivity index (χ4v) is 3.79. The van der Waals surface area contributed by atoms with Crippen LogP contribution in [0.3, 0.4) is 0 Å². The predicted octanol–water partition coefficient (Wildman–Crippen LogP) is 2.17. The van der Waals surface area contributed by atoms with Crippen LogP contribution >= 0.6 is 0 Å². The molecule has 1 amide bonds. The number of rotatable bonds is 10. The molecule has 0 aliphatic rings. The van der Waals surface area contributed by atoms with Gasteiger partial charge in [0.25, 0.3) is 5.69 Å². The maximum absolute atomic E-state index is 13.1. The summed E-state index contributed by atoms with van der Waals surface area (Å²) >= 11 is 0. The molecule has 0 aliphatic heterocycles. The second-order valence-corrected chi connectivity index (χ2v) is 11.1. The number of carbonyl (C=O) groups is 2. The molecular weight excluding hydrogens is 469 g/mol. The first-order valence-electron chi connectivity index (χ1n) is 10.2. The molecule has 2 rings (SSSR count). The molecule has 2 atom stereocenters. The summed E-state index contributed by atoms with van der Waals surface area (Å²) < 4.78 is 39.6. The first kappa shape index (κ1) is 26.9. The zero-order chi connectivity index (χ0) is 25.7. The van der Waals surface area contributed by atoms with Crippen molar-refractivity contribution in [1.82, 2.24) is 10.0 Å². The highest BCUT2D eigenvalue weighted by Crippen LogP contribution is 2.17. The van der Waals surface area contributed by atoms with Crippen molar-refractivity contribution in [3.8, 4) is 0 Å². The number of nitrogens with one attached hydrogen (secondary N) is 2. The maximum Gasteiger partial charge on any atom is 0.326 e. The summed E-state index contributed by atoms with van der Waals surface area (Å²) in [6.45, 7) is 4.31. The van der Waals surface area contributed by atoms with Gasteiger partial charge in [0.15, 0.2) is 0 Å². The Morgan fingerprint density at radius 2 is 1.47 bits per heavy atom. The minimum atomic E-state index is -4.01. The van der Waals surface area contributed by atoms with Crippen LogP contribution in [0.5, 0.6) is 0 Å². The zero-order valence-electron chi connectivity index (χ0n) is 18.8. The van der Waals surface area contributed by atoms with Crippen LogP contribution in [0.1, 0.15) is 31.9 Å². The van der Waals surface area contributed by atoms with Crippen molar-refractivity contribution in [2.45, 2.75) is 50.4 Å². The Hall–Kier alpha value is -3.38. The molecule has 12 heteroatoms. The van der Waals surface area contributed by atoms with Crippen molar-refractivity contribution in [3.05, 3.63) is 75.6 Å². The highest BCUT2D eigenvalue weighted by Gasteiger charge is 2.35. The summed E-state index contributed by atoms with van der Waals surface area (Å²) in [5.74, 6) is -2.74. The number of halogens is 1. The minimum Gasteiger partial charge on any atom is -0.480 e. The molecule has 0 aliphatic carbocycles. The molecule has 0 bridgehead atoms. The van der Waals surface area contributed by atoms with Gasteiger partial charge in [0.1, 0.15) is 17.9 Å². The molecule has 0 heterocycles. The van der Waals surface area contributed by atoms with Gasteiger partial charge in [-0.1, -0.05) is 24.3 Å². The minimum absolute atomic E-state index is 0.155. The molecule has 0 aromatic heterocycles. The summed E-state index contributed by atoms with van der Waals surface area (Å²) in [4.78, 5) is 35.0. The SMILES string of the molecule is CC(C)(C)S(=O)(=O)NC(Cc1ccc([N+](=O)[O-])cc1)C(=O)NC(Cc1ccc(F)cc1)C(=O)O. The zero-order valence-corrected chi connectivity index (χ0v) is 19.6. The van der Waals surface area contributed by atoms with Crippen molar-refractivity contribution in [2.75, 3.05) is 0 Å². The maximum atomic E-state index is 13.1. The van der Waals surface area contributed by atoms with E-state index in [0.717, 1.165) is 12.1 Å². The van der Waals surface area contributed by atoms with Crippen LogP contribution in [0.15, 0.2) is 48.5 Å². The lowest BCUT2D eigenvalue weighted by Crippen LogP contribution is -2.55. The van der Waals surface area contributed by atoms with Crippen LogP contribution < -0.4 is 10.0 Å². The molecule has 34 heavy (non-hydrogen) atoms. The average Bonchev–Trinajstić information content (AvgIpc) is 2.73. The number of carboxylic acid groups (broad SMARTS) is 1. The van der Waals surface area contributed by atoms with Crippen LogP contribution in [0.2, 0.25) is 0 Å². The van der Waals surface area contributed by atoms with Gasteiger partial charge in [-0.15, -0.1) is 0 Å². The quantitative estimate of drug-likeness (QED) is 0.337. The third kappa shape index (κ3) is 7.32. The Balaban J connectivity index is 2.29. The van der Waals surface area contributed by atoms with Crippen LogP contribution in [0, 0.1) is 15.9 Å². The number of carboxylic acids is 1. The smallest absolute Gasteiger partial charge is 0.326 e. The van der Waals surface area contributed by atoms with E-state index < -0.39 is 49.5 Å². The van der Waals surface area contributed by atoms with Crippen molar-refractivity contribution in [2.24, 2.45) is 0 Å². The number of nitrogens with zero attached hydrogens (tertiary/aromatic N) is 1. The third-order valence-corrected chi connectivity index (χ3v) is 7.18. The van der Waals surface area contributed by atoms with Crippen molar-refractivity contribution < 1.29 is 32.4 Å². The summed E-state index contributed by atoms with van der Waals surface area (Å²) in [6, 6.07) is 7.50. The van der Waals surface area contributed by atoms with Gasteiger partial charge < -0.3 is 10.4 Å². The van der Waals surface area contributed by atoms with Gasteiger partial charge in [-0.25, -0.2) is 22.3 Å². The summed E-state index contributed by atoms with van der Waals surface area (Å²) in [5, 5.41) is 22.8. The van der Waals surface area contributed by atoms with E-state index in [4.69, 9.17) is 0 Å². The highest BCUT2D eigenvalue weighted by atomic mass is 32.2. The molecule has 0 saturated heterocycles. The van der Waals surface area contributed by atoms with E-state index >= 15 is 0 Å². The summed E-state index contributed by atoms with van der Waals surface area (Å²) in [5.41, 5.74) is 0.703. The van der Waals surface area contributed by atoms with E-state index in [1.165, 1.54) is 57.2 Å². The van der Waals surface area contributed by atoms with E-state index in [1.54, 1.807) is 0 Å². The van der Waals surface area contributed by atoms with Crippen molar-refractivity contribution in [1.29, 1.82) is 0 Å². The van der Waals surface area contributed by atoms with Crippen LogP contribution in [-0.2, 0) is 32.5 Å². The molecule has 0 saturated carbocycles. The fraction of sp³-hybridized carbons (Fsp3) is 0.364. The molecule has 0 spiro atoms. The van der Waals surface area contributed by atoms with Crippen molar-refractivity contribution in [3.63, 3.8) is 0 Å². The lowest BCUT2D eigenvalue weighted by Gasteiger charge is -2.26. The molecule has 10 nitrogen and oxygen atoms in total. The summed E-state index contributed by atoms with van der Waals surface area (Å²) in [7, 11) is -4.01. The standard InChI is InChI=1S/C22H26FN3O7S/c1-22(2,3)34(32,33)25-18(12-15-6-10-17(11-7-15)26(30)31)20(27)24-19(21(28)29)13-14-4-8-16(23)9-5-14/h4-11,18-19,25H,12-13H2,1-3H3,(H,24,27)(H,28,29). The third-order valence-electron chi connectivity index (χ3n) is 4.97. The molecule has 3 N–H and O–H groups in total. The Morgan fingerprint density at radius 3 is 1.91 bits per heavy atom. The molecule has 2 aromatic rings. The van der Waals surface area contributed by atoms with Crippen LogP contribution in [0.4, 0.5) is 10.1 Å². The monoisotopic (exact) mass is 495 g/mol. The highest BCUT2D eigenvalue weighted by molar-refractivity contribution is 7.90. The number of non-ortho nitro benzene ring substituents is 1. The van der Waals surface area contributed by atoms with E-state index in [-0.39, 0.29) is 18.5 Å². The number of benzene rings is 2. The van der Waals surface area contributed by atoms with Gasteiger partial charge in [0.05, 0.1) is 9.67 Å². The second-order valence-electron chi connectivity index (χ2n) is 8.64. The molecule has 0 fully saturated rings. The number of carbonyl (C=O) groups excluding carboxylic acids is 1. The van der Waals surface area contributed by atoms with Crippen LogP contribution in [0.25, 0.3) is 0 Å². The predicted molar refractivity (Wildman–Crippen MR) is 122 cm³/mol. The molecular formula is C22H26FN3O7S. The molecule has 0 radical (unpaired) electrons. The molecule has 2 aromatic carbocycles. The number of nitro benzene ring substituents is 1. The first-order chi connectivity index (χ1) is 15.7. The lowest BCUT2D eigenvalue weighted by molar-refractivity contribution is -0.384. The fourth-order valence-electron chi connectivity index (χ4n) is 2.87. The molecule has 184 valence electrons. The number of nitro groups is 1. The van der Waals surface area contributed by atoms with E-state index in [1.807, 2.05) is 0 Å². The van der Waals surface area contributed by atoms with Crippen LogP contribution in [-0.4, -0.2) is 47.2 Å². The average molecular weight is 496 g/mol. The van der Waals surface area contributed by atoms with Crippen molar-refractivity contribution >= 4 is 27.6 Å². The van der Waals surface area contributed by atoms with Gasteiger partial charge in [-0.3, -0.25) is 14.9 Å². The second kappa shape index (κ2) is 10.7. The largest absolute Gasteiger partial charge is 0.480 e. The first-order valence-corrected chi connectivity index (χ1v) is 11.7. The Labute approximate surface area is 196 Å². The molecule has 2 unspecified atom stereocenters. The van der Waals surface area contributed by atoms with Gasteiger partial charge in [-0.2, -0.15) is 0 Å². The van der Waals surface area contributed by atoms with E-state index in [0.29, 0.717) is 11.1 Å². The number of aliphatic carboxylic acids is 1. The Bertz CT molecular complexity index is 1140. The number of amides is 1. The normalized spacial score (nSPS) is 13.6. The number of hydrogen-bond acceptors (Lipinski definition) is 6. The van der Waals surface area contributed by atoms with Gasteiger partial charge in [-0.05, 0) is 50.5 Å². The summed E-state index contributed by atoms with van der Waals surface area (Å²) in [6.07, 6.45) is -0.334. The Kier molecular flexibility index (Phi) is 8.46. The topological polar surface area (TPSA) is 156 Å². The lowest BCUT2D eigenvalue weighted by atomic mass is 10.0. The number of hydrogen-bond donors (Lipinski definition) is 3. The van der Waals surface area contributed by atoms with Gasteiger partial charge >= 0.3 is 5.97 Å².